The fourth-order valence-electron chi connectivity index (χ4n) is 16.7. The number of nitrogens with one attached hydrogen (secondary N) is 9. The van der Waals surface area contributed by atoms with Crippen LogP contribution in [0.1, 0.15) is 147 Å². The van der Waals surface area contributed by atoms with Crippen molar-refractivity contribution in [2.24, 2.45) is 0 Å². The first-order valence-corrected chi connectivity index (χ1v) is 43.3. The number of rotatable bonds is 20. The predicted molar refractivity (Wildman–Crippen MR) is 478 cm³/mol. The molecule has 656 valence electrons. The molecule has 1 aliphatic carbocycles. The number of carbonyl (C=O) groups excluding carboxylic acids is 9. The van der Waals surface area contributed by atoms with Crippen LogP contribution in [-0.2, 0) is 89.0 Å². The van der Waals surface area contributed by atoms with Gasteiger partial charge >= 0.3 is 12.1 Å². The zero-order chi connectivity index (χ0) is 90.9. The Labute approximate surface area is 734 Å². The molecular formula is C97H106N13O15S-. The van der Waals surface area contributed by atoms with Crippen molar-refractivity contribution in [2.45, 2.75) is 183 Å². The summed E-state index contributed by atoms with van der Waals surface area (Å²) in [6.07, 6.45) is 7.18. The Kier molecular flexibility index (Phi) is 28.7. The van der Waals surface area contributed by atoms with Gasteiger partial charge in [0, 0.05) is 74.5 Å². The van der Waals surface area contributed by atoms with Gasteiger partial charge in [-0.25, -0.2) is 27.7 Å². The number of amides is 7. The number of imidazole rings is 1. The molecule has 2 aromatic heterocycles. The molecule has 10 aromatic rings. The monoisotopic (exact) mass is 1730 g/mol. The minimum absolute atomic E-state index is 0.0136. The summed E-state index contributed by atoms with van der Waals surface area (Å²) in [7, 11) is -3.30. The highest BCUT2D eigenvalue weighted by molar-refractivity contribution is 7.90. The van der Waals surface area contributed by atoms with Crippen molar-refractivity contribution in [3.8, 4) is 29.7 Å². The standard InChI is InChI=1S/C95H105N13O15S.C2H2/c1-58-59(2)83(60(3)72-53-94(7,8)122-82(58)72)124(118,119)106-90(96)98-48-30-45-74-84(110)103-77(50-62-54-108(92(117)123-93(4,5)6)80-46-27-26-39-67(62)80)86(112)101-75(89(115)120-9)44-28-29-47-97-81(109)52-79(105-91(116)121-56-73-70-42-24-22-40-68(70)69-41-23-25-43-71(69)73)88(114)104-78(87(113)102-76(85(111)100-74)49-61-31-14-10-15-32-61)51-66-55-107(57-99-66)95(63-33-16-11-17-34-63,64-35-18-12-19-36-64)65-37-20-13-21-38-65;1-2/h10-27,31-43,46,54-55,57,73-79H,28-30,44-45,47-53,56H2,1-9H3,(H10,96,97,98,100,101,102,103,104,105,106,109,110,111,112,113,114,116);1-2H/p-1/t74-,75-,76+,77-,78-,79-;/m0./s1/i;1T. The number of ether oxygens (including phenoxy) is 4. The molecule has 2 aliphatic heterocycles. The van der Waals surface area contributed by atoms with Gasteiger partial charge in [0.2, 0.25) is 47.5 Å². The maximum atomic E-state index is 16.1. The average molecular weight is 1730 g/mol. The van der Waals surface area contributed by atoms with Crippen molar-refractivity contribution in [3.05, 3.63) is 285 Å². The van der Waals surface area contributed by atoms with Gasteiger partial charge < -0.3 is 66.0 Å². The van der Waals surface area contributed by atoms with E-state index in [1.807, 2.05) is 158 Å². The first-order chi connectivity index (χ1) is 60.8. The third kappa shape index (κ3) is 21.3. The van der Waals surface area contributed by atoms with E-state index in [1.165, 1.54) is 17.2 Å². The van der Waals surface area contributed by atoms with Crippen LogP contribution >= 0.6 is 0 Å². The molecule has 126 heavy (non-hydrogen) atoms. The van der Waals surface area contributed by atoms with Crippen molar-refractivity contribution >= 4 is 80.5 Å². The number of terminal acetylenes is 1. The highest BCUT2D eigenvalue weighted by Crippen LogP contribution is 2.47. The molecular weight excluding hydrogens is 1620 g/mol. The van der Waals surface area contributed by atoms with Crippen LogP contribution in [-0.4, -0.2) is 156 Å². The summed E-state index contributed by atoms with van der Waals surface area (Å²) < 4.78 is 63.4. The van der Waals surface area contributed by atoms with E-state index in [-0.39, 0.29) is 75.2 Å². The van der Waals surface area contributed by atoms with E-state index in [0.29, 0.717) is 50.9 Å². The molecule has 0 unspecified atom stereocenters. The summed E-state index contributed by atoms with van der Waals surface area (Å²) in [4.78, 5) is 141. The van der Waals surface area contributed by atoms with Gasteiger partial charge in [0.25, 0.3) is 10.0 Å². The van der Waals surface area contributed by atoms with E-state index >= 15 is 24.0 Å². The minimum Gasteiger partial charge on any atom is -0.607 e. The van der Waals surface area contributed by atoms with Gasteiger partial charge in [-0.15, -0.1) is 12.8 Å². The maximum Gasteiger partial charge on any atom is 0.419 e. The molecule has 1 fully saturated rings. The number of sulfonamides is 1. The normalized spacial score (nSPS) is 18.5. The van der Waals surface area contributed by atoms with Crippen LogP contribution in [0.15, 0.2) is 218 Å². The van der Waals surface area contributed by atoms with Gasteiger partial charge in [0.1, 0.15) is 60.7 Å². The number of hydrogen-bond donors (Lipinski definition) is 9. The third-order valence-electron chi connectivity index (χ3n) is 22.7. The number of methoxy groups -OCH3 is 1. The van der Waals surface area contributed by atoms with Gasteiger partial charge in [-0.2, -0.15) is 0 Å². The van der Waals surface area contributed by atoms with Gasteiger partial charge in [-0.1, -0.05) is 188 Å². The summed E-state index contributed by atoms with van der Waals surface area (Å²) in [6.45, 7) is 13.6. The first kappa shape index (κ1) is 89.9. The van der Waals surface area contributed by atoms with Crippen LogP contribution in [0.5, 0.6) is 5.75 Å². The van der Waals surface area contributed by atoms with Crippen LogP contribution in [0.3, 0.4) is 0 Å². The first-order valence-electron chi connectivity index (χ1n) is 42.3. The quantitative estimate of drug-likeness (QED) is 0.00651. The SMILES string of the molecule is COC(=O)[C@@H]1CCCCNC(=O)C[C@H]([N-]C(=O)OCC2c3ccccc3-c3ccccc32)C(=O)N[C@@H](Cc2cn(C(c3ccccc3)(c3ccccc3)c3ccccc3)cn2)C(=O)N[C@H](Cc2ccccc2)C(=O)N[C@@H](CCCNC(=N)NS(=O)(=O)c2c(C)c(C)c3c(c2C)CC(C)(C)O3)C(=O)N[C@@H](Cc2cn(C(=O)OC(C)(C)C)c3ccccc23)C(=O)N1.[3H]C#C. The molecule has 0 bridgehead atoms. The second kappa shape index (κ2) is 40.2. The molecule has 29 heteroatoms. The van der Waals surface area contributed by atoms with E-state index in [0.717, 1.165) is 51.6 Å². The molecule has 13 rings (SSSR count). The van der Waals surface area contributed by atoms with E-state index in [1.54, 1.807) is 109 Å². The summed E-state index contributed by atoms with van der Waals surface area (Å²) in [5, 5.41) is 33.6. The Bertz CT molecular complexity index is 5730. The summed E-state index contributed by atoms with van der Waals surface area (Å²) >= 11 is 0. The Morgan fingerprint density at radius 2 is 1.20 bits per heavy atom. The van der Waals surface area contributed by atoms with Crippen LogP contribution in [0.2, 0.25) is 0 Å². The van der Waals surface area contributed by atoms with Crippen molar-refractivity contribution in [1.82, 2.24) is 56.1 Å². The Balaban J connectivity index is 0.00000481. The second-order valence-electron chi connectivity index (χ2n) is 33.1. The number of aromatic nitrogens is 3. The zero-order valence-corrected chi connectivity index (χ0v) is 72.7. The predicted octanol–water partition coefficient (Wildman–Crippen LogP) is 11.6. The number of guanidine groups is 1. The van der Waals surface area contributed by atoms with Crippen molar-refractivity contribution in [1.29, 1.82) is 5.41 Å². The zero-order valence-electron chi connectivity index (χ0n) is 72.8. The van der Waals surface area contributed by atoms with Gasteiger partial charge in [-0.3, -0.25) is 43.5 Å². The number of fused-ring (bicyclic) bond motifs is 5. The highest BCUT2D eigenvalue weighted by atomic mass is 32.2. The van der Waals surface area contributed by atoms with Gasteiger partial charge in [-0.05, 0) is 166 Å². The lowest BCUT2D eigenvalue weighted by Crippen LogP contribution is -2.60. The maximum absolute atomic E-state index is 16.1. The Morgan fingerprint density at radius 3 is 1.80 bits per heavy atom. The number of hydrogen-bond acceptors (Lipinski definition) is 17. The van der Waals surface area contributed by atoms with Crippen LogP contribution in [0.4, 0.5) is 9.59 Å². The molecule has 0 saturated carbocycles. The minimum atomic E-state index is -4.43. The fourth-order valence-corrected chi connectivity index (χ4v) is 18.3. The lowest BCUT2D eigenvalue weighted by Gasteiger charge is -2.37. The molecule has 1 saturated heterocycles. The van der Waals surface area contributed by atoms with E-state index in [9.17, 15) is 27.6 Å². The Hall–Kier alpha value is -13.9. The van der Waals surface area contributed by atoms with Crippen molar-refractivity contribution < 1.29 is 71.9 Å². The lowest BCUT2D eigenvalue weighted by molar-refractivity contribution is -0.145. The second-order valence-corrected chi connectivity index (χ2v) is 34.7. The number of carbonyl (C=O) groups is 9. The average Bonchev–Trinajstić information content (AvgIpc) is 1.71. The third-order valence-corrected chi connectivity index (χ3v) is 24.3. The molecule has 7 amide bonds. The number of nitrogens with zero attached hydrogens (tertiary/aromatic N) is 4. The molecule has 3 aliphatic rings. The highest BCUT2D eigenvalue weighted by Gasteiger charge is 2.42. The van der Waals surface area contributed by atoms with Crippen LogP contribution in [0.25, 0.3) is 27.3 Å². The smallest absolute Gasteiger partial charge is 0.419 e. The largest absolute Gasteiger partial charge is 0.607 e. The fraction of sp³-hybridized carbons (Fsp3) is 0.330. The lowest BCUT2D eigenvalue weighted by atomic mass is 9.77. The van der Waals surface area contributed by atoms with Crippen LogP contribution < -0.4 is 46.7 Å². The molecule has 0 radical (unpaired) electrons. The summed E-state index contributed by atoms with van der Waals surface area (Å²) in [6, 6.07) is 50.2. The topological polar surface area (TPSA) is 382 Å². The number of benzene rings is 8. The van der Waals surface area contributed by atoms with Gasteiger partial charge in [0.05, 0.1) is 29.5 Å². The Morgan fingerprint density at radius 1 is 0.667 bits per heavy atom. The molecule has 0 spiro atoms. The molecule has 28 nitrogen and oxygen atoms in total. The van der Waals surface area contributed by atoms with E-state index < -0.39 is 141 Å². The molecule has 8 aromatic carbocycles. The van der Waals surface area contributed by atoms with Crippen molar-refractivity contribution in [3.63, 3.8) is 0 Å². The summed E-state index contributed by atoms with van der Waals surface area (Å²) in [5.41, 5.74) is 7.32. The van der Waals surface area contributed by atoms with Crippen LogP contribution in [0, 0.1) is 39.0 Å². The summed E-state index contributed by atoms with van der Waals surface area (Å²) in [5.74, 6) is -6.95. The molecule has 9 N–H and O–H groups in total. The molecule has 6 atom stereocenters. The number of esters is 1. The van der Waals surface area contributed by atoms with Gasteiger partial charge in [0.15, 0.2) is 0 Å². The van der Waals surface area contributed by atoms with Crippen molar-refractivity contribution in [2.75, 3.05) is 26.8 Å². The molecule has 4 heterocycles. The van der Waals surface area contributed by atoms with E-state index in [2.05, 4.69) is 53.7 Å². The van der Waals surface area contributed by atoms with E-state index in [4.69, 9.17) is 30.7 Å². The number of para-hydroxylation sites is 1.